The first-order chi connectivity index (χ1) is 13.5. The number of carbonyl (C=O) groups is 1. The minimum absolute atomic E-state index is 0.259. The third kappa shape index (κ3) is 3.40. The predicted molar refractivity (Wildman–Crippen MR) is 102 cm³/mol. The van der Waals surface area contributed by atoms with Crippen molar-refractivity contribution in [3.05, 3.63) is 53.2 Å². The molecule has 2 aromatic heterocycles. The van der Waals surface area contributed by atoms with Gasteiger partial charge in [0.1, 0.15) is 5.75 Å². The lowest BCUT2D eigenvalue weighted by Crippen LogP contribution is -2.11. The van der Waals surface area contributed by atoms with Gasteiger partial charge in [-0.3, -0.25) is 0 Å². The van der Waals surface area contributed by atoms with E-state index in [1.807, 2.05) is 44.2 Å². The van der Waals surface area contributed by atoms with E-state index in [1.165, 1.54) is 0 Å². The smallest absolute Gasteiger partial charge is 0.340 e. The zero-order chi connectivity index (χ0) is 19.8. The number of aromatic nitrogens is 3. The summed E-state index contributed by atoms with van der Waals surface area (Å²) >= 11 is 0. The first-order valence-corrected chi connectivity index (χ1v) is 9.35. The number of rotatable bonds is 6. The molecule has 1 atom stereocenters. The normalized spacial score (nSPS) is 14.7. The van der Waals surface area contributed by atoms with E-state index in [-0.39, 0.29) is 11.9 Å². The van der Waals surface area contributed by atoms with Gasteiger partial charge in [0.2, 0.25) is 5.89 Å². The maximum atomic E-state index is 12.7. The first-order valence-electron chi connectivity index (χ1n) is 9.35. The minimum Gasteiger partial charge on any atom is -0.497 e. The minimum atomic E-state index is -0.643. The molecule has 7 heteroatoms. The fraction of sp³-hybridized carbons (Fsp3) is 0.381. The topological polar surface area (TPSA) is 79.4 Å². The van der Waals surface area contributed by atoms with Gasteiger partial charge in [-0.2, -0.15) is 0 Å². The molecule has 1 fully saturated rings. The standard InChI is InChI=1S/C21H23N3O4/c1-12-11-18(13(2)24(12)16-7-8-16)21(25)27-14(3)19-22-23-20(28-19)15-5-9-17(26-4)10-6-15/h5-6,9-11,14,16H,7-8H2,1-4H3/t14-/m0/s1. The Hall–Kier alpha value is -3.09. The Kier molecular flexibility index (Phi) is 4.66. The Morgan fingerprint density at radius 1 is 1.21 bits per heavy atom. The van der Waals surface area contributed by atoms with Crippen LogP contribution in [0, 0.1) is 13.8 Å². The van der Waals surface area contributed by atoms with Crippen molar-refractivity contribution >= 4 is 5.97 Å². The summed E-state index contributed by atoms with van der Waals surface area (Å²) in [6, 6.07) is 9.71. The maximum Gasteiger partial charge on any atom is 0.340 e. The van der Waals surface area contributed by atoms with Crippen LogP contribution in [0.4, 0.5) is 0 Å². The molecule has 3 aromatic rings. The summed E-state index contributed by atoms with van der Waals surface area (Å²) < 4.78 is 18.7. The Bertz CT molecular complexity index is 999. The van der Waals surface area contributed by atoms with Crippen molar-refractivity contribution in [2.75, 3.05) is 7.11 Å². The van der Waals surface area contributed by atoms with Crippen molar-refractivity contribution in [1.82, 2.24) is 14.8 Å². The second-order valence-electron chi connectivity index (χ2n) is 7.11. The van der Waals surface area contributed by atoms with Gasteiger partial charge >= 0.3 is 5.97 Å². The van der Waals surface area contributed by atoms with Gasteiger partial charge in [0, 0.05) is 23.0 Å². The van der Waals surface area contributed by atoms with E-state index >= 15 is 0 Å². The van der Waals surface area contributed by atoms with E-state index in [4.69, 9.17) is 13.9 Å². The first kappa shape index (κ1) is 18.3. The Morgan fingerprint density at radius 2 is 1.93 bits per heavy atom. The summed E-state index contributed by atoms with van der Waals surface area (Å²) in [5, 5.41) is 8.09. The molecule has 0 bridgehead atoms. The molecule has 0 unspecified atom stereocenters. The van der Waals surface area contributed by atoms with Gasteiger partial charge in [0.15, 0.2) is 6.10 Å². The zero-order valence-corrected chi connectivity index (χ0v) is 16.4. The fourth-order valence-electron chi connectivity index (χ4n) is 3.40. The fourth-order valence-corrected chi connectivity index (χ4v) is 3.40. The van der Waals surface area contributed by atoms with Crippen LogP contribution in [0.1, 0.15) is 59.5 Å². The number of hydrogen-bond acceptors (Lipinski definition) is 6. The number of methoxy groups -OCH3 is 1. The van der Waals surface area contributed by atoms with E-state index in [1.54, 1.807) is 14.0 Å². The number of ether oxygens (including phenoxy) is 2. The predicted octanol–water partition coefficient (Wildman–Crippen LogP) is 4.42. The number of benzene rings is 1. The Labute approximate surface area is 163 Å². The lowest BCUT2D eigenvalue weighted by atomic mass is 10.2. The summed E-state index contributed by atoms with van der Waals surface area (Å²) in [5.74, 6) is 0.994. The molecule has 1 aliphatic rings. The van der Waals surface area contributed by atoms with Crippen LogP contribution in [0.5, 0.6) is 5.75 Å². The molecule has 4 rings (SSSR count). The summed E-state index contributed by atoms with van der Waals surface area (Å²) in [5.41, 5.74) is 3.39. The summed E-state index contributed by atoms with van der Waals surface area (Å²) in [7, 11) is 1.61. The summed E-state index contributed by atoms with van der Waals surface area (Å²) in [6.45, 7) is 5.70. The third-order valence-electron chi connectivity index (χ3n) is 5.03. The van der Waals surface area contributed by atoms with Crippen molar-refractivity contribution in [3.8, 4) is 17.2 Å². The number of nitrogens with zero attached hydrogens (tertiary/aromatic N) is 3. The molecule has 28 heavy (non-hydrogen) atoms. The molecule has 1 saturated carbocycles. The highest BCUT2D eigenvalue weighted by Gasteiger charge is 2.29. The molecule has 7 nitrogen and oxygen atoms in total. The van der Waals surface area contributed by atoms with Crippen LogP contribution in [-0.2, 0) is 4.74 Å². The lowest BCUT2D eigenvalue weighted by molar-refractivity contribution is 0.0279. The zero-order valence-electron chi connectivity index (χ0n) is 16.4. The van der Waals surface area contributed by atoms with Crippen LogP contribution >= 0.6 is 0 Å². The van der Waals surface area contributed by atoms with Gasteiger partial charge in [-0.05, 0) is 63.9 Å². The lowest BCUT2D eigenvalue weighted by Gasteiger charge is -2.10. The molecule has 0 amide bonds. The van der Waals surface area contributed by atoms with Crippen molar-refractivity contribution in [3.63, 3.8) is 0 Å². The highest BCUT2D eigenvalue weighted by molar-refractivity contribution is 5.91. The van der Waals surface area contributed by atoms with Crippen LogP contribution in [0.3, 0.4) is 0 Å². The number of esters is 1. The molecule has 0 radical (unpaired) electrons. The Morgan fingerprint density at radius 3 is 2.57 bits per heavy atom. The Balaban J connectivity index is 1.48. The van der Waals surface area contributed by atoms with E-state index in [9.17, 15) is 4.79 Å². The van der Waals surface area contributed by atoms with Crippen molar-refractivity contribution in [1.29, 1.82) is 0 Å². The third-order valence-corrected chi connectivity index (χ3v) is 5.03. The SMILES string of the molecule is COc1ccc(-c2nnc([C@H](C)OC(=O)c3cc(C)n(C4CC4)c3C)o2)cc1. The van der Waals surface area contributed by atoms with Gasteiger partial charge in [-0.15, -0.1) is 10.2 Å². The monoisotopic (exact) mass is 381 g/mol. The molecular formula is C21H23N3O4. The van der Waals surface area contributed by atoms with Gasteiger partial charge in [-0.1, -0.05) is 0 Å². The quantitative estimate of drug-likeness (QED) is 0.588. The second-order valence-corrected chi connectivity index (χ2v) is 7.11. The largest absolute Gasteiger partial charge is 0.497 e. The maximum absolute atomic E-state index is 12.7. The molecule has 146 valence electrons. The summed E-state index contributed by atoms with van der Waals surface area (Å²) in [4.78, 5) is 12.7. The van der Waals surface area contributed by atoms with Gasteiger partial charge < -0.3 is 18.5 Å². The van der Waals surface area contributed by atoms with Crippen LogP contribution in [0.25, 0.3) is 11.5 Å². The van der Waals surface area contributed by atoms with Crippen LogP contribution < -0.4 is 4.74 Å². The highest BCUT2D eigenvalue weighted by Crippen LogP contribution is 2.38. The van der Waals surface area contributed by atoms with E-state index in [0.717, 1.165) is 35.5 Å². The van der Waals surface area contributed by atoms with Crippen LogP contribution in [-0.4, -0.2) is 27.8 Å². The molecule has 2 heterocycles. The molecule has 1 aromatic carbocycles. The van der Waals surface area contributed by atoms with E-state index in [2.05, 4.69) is 14.8 Å². The molecule has 0 N–H and O–H groups in total. The highest BCUT2D eigenvalue weighted by atomic mass is 16.6. The van der Waals surface area contributed by atoms with E-state index < -0.39 is 6.10 Å². The number of carbonyl (C=O) groups excluding carboxylic acids is 1. The van der Waals surface area contributed by atoms with Crippen molar-refractivity contribution in [2.24, 2.45) is 0 Å². The molecule has 0 aliphatic heterocycles. The van der Waals surface area contributed by atoms with Crippen molar-refractivity contribution < 1.29 is 18.7 Å². The molecular weight excluding hydrogens is 358 g/mol. The van der Waals surface area contributed by atoms with E-state index in [0.29, 0.717) is 17.5 Å². The second kappa shape index (κ2) is 7.14. The molecule has 0 saturated heterocycles. The number of hydrogen-bond donors (Lipinski definition) is 0. The summed E-state index contributed by atoms with van der Waals surface area (Å²) in [6.07, 6.45) is 1.69. The van der Waals surface area contributed by atoms with Gasteiger partial charge in [0.05, 0.1) is 12.7 Å². The van der Waals surface area contributed by atoms with Crippen LogP contribution in [0.15, 0.2) is 34.7 Å². The van der Waals surface area contributed by atoms with Gasteiger partial charge in [0.25, 0.3) is 5.89 Å². The van der Waals surface area contributed by atoms with Crippen molar-refractivity contribution in [2.45, 2.75) is 45.8 Å². The average Bonchev–Trinajstić information content (AvgIpc) is 3.30. The molecule has 1 aliphatic carbocycles. The molecule has 0 spiro atoms. The van der Waals surface area contributed by atoms with Crippen LogP contribution in [0.2, 0.25) is 0 Å². The average molecular weight is 381 g/mol. The number of aryl methyl sites for hydroxylation is 1. The van der Waals surface area contributed by atoms with Gasteiger partial charge in [-0.25, -0.2) is 4.79 Å².